The van der Waals surface area contributed by atoms with Gasteiger partial charge in [0, 0.05) is 34.6 Å². The SMILES string of the molecule is Cc1ccccc1CN(C1CCN(C#N)C1)S(=O)(=O)c1cc(Br)ccc1Br. The van der Waals surface area contributed by atoms with Gasteiger partial charge >= 0.3 is 0 Å². The van der Waals surface area contributed by atoms with Crippen LogP contribution >= 0.6 is 31.9 Å². The van der Waals surface area contributed by atoms with Gasteiger partial charge in [-0.15, -0.1) is 0 Å². The third-order valence-corrected chi connectivity index (χ3v) is 8.16. The molecule has 1 aliphatic rings. The quantitative estimate of drug-likeness (QED) is 0.561. The summed E-state index contributed by atoms with van der Waals surface area (Å²) in [5.41, 5.74) is 2.00. The van der Waals surface area contributed by atoms with Crippen molar-refractivity contribution in [2.45, 2.75) is 30.8 Å². The van der Waals surface area contributed by atoms with Gasteiger partial charge in [0.25, 0.3) is 0 Å². The maximum atomic E-state index is 13.6. The van der Waals surface area contributed by atoms with Gasteiger partial charge in [0.05, 0.1) is 4.90 Å². The van der Waals surface area contributed by atoms with Crippen LogP contribution in [0.3, 0.4) is 0 Å². The average molecular weight is 513 g/mol. The molecule has 1 fully saturated rings. The van der Waals surface area contributed by atoms with Gasteiger partial charge in [0.2, 0.25) is 10.0 Å². The monoisotopic (exact) mass is 511 g/mol. The molecule has 2 aromatic rings. The lowest BCUT2D eigenvalue weighted by molar-refractivity contribution is 0.313. The van der Waals surface area contributed by atoms with Gasteiger partial charge in [-0.3, -0.25) is 0 Å². The Labute approximate surface area is 176 Å². The van der Waals surface area contributed by atoms with Gasteiger partial charge < -0.3 is 4.90 Å². The molecule has 1 aliphatic heterocycles. The molecule has 27 heavy (non-hydrogen) atoms. The van der Waals surface area contributed by atoms with Crippen molar-refractivity contribution < 1.29 is 8.42 Å². The number of sulfonamides is 1. The lowest BCUT2D eigenvalue weighted by atomic mass is 10.1. The van der Waals surface area contributed by atoms with Gasteiger partial charge in [0.1, 0.15) is 0 Å². The molecule has 8 heteroatoms. The Kier molecular flexibility index (Phi) is 6.26. The molecule has 5 nitrogen and oxygen atoms in total. The maximum Gasteiger partial charge on any atom is 0.244 e. The Balaban J connectivity index is 2.05. The van der Waals surface area contributed by atoms with Crippen LogP contribution in [0.4, 0.5) is 0 Å². The second kappa shape index (κ2) is 8.31. The van der Waals surface area contributed by atoms with E-state index in [1.54, 1.807) is 27.4 Å². The van der Waals surface area contributed by atoms with Crippen molar-refractivity contribution in [3.8, 4) is 6.19 Å². The summed E-state index contributed by atoms with van der Waals surface area (Å²) < 4.78 is 29.9. The van der Waals surface area contributed by atoms with Gasteiger partial charge in [-0.05, 0) is 58.6 Å². The van der Waals surface area contributed by atoms with E-state index in [9.17, 15) is 13.7 Å². The van der Waals surface area contributed by atoms with Crippen molar-refractivity contribution >= 4 is 41.9 Å². The minimum absolute atomic E-state index is 0.223. The lowest BCUT2D eigenvalue weighted by Crippen LogP contribution is -2.41. The fourth-order valence-electron chi connectivity index (χ4n) is 3.23. The molecule has 0 N–H and O–H groups in total. The fourth-order valence-corrected chi connectivity index (χ4v) is 6.32. The summed E-state index contributed by atoms with van der Waals surface area (Å²) in [5.74, 6) is 0. The van der Waals surface area contributed by atoms with Crippen molar-refractivity contribution in [3.05, 3.63) is 62.5 Å². The zero-order valence-electron chi connectivity index (χ0n) is 14.8. The van der Waals surface area contributed by atoms with Gasteiger partial charge in [-0.25, -0.2) is 8.42 Å². The van der Waals surface area contributed by atoms with Crippen molar-refractivity contribution in [1.82, 2.24) is 9.21 Å². The number of halogens is 2. The molecular formula is C19H19Br2N3O2S. The molecule has 0 saturated carbocycles. The maximum absolute atomic E-state index is 13.6. The smallest absolute Gasteiger partial charge is 0.244 e. The molecule has 2 aromatic carbocycles. The summed E-state index contributed by atoms with van der Waals surface area (Å²) in [7, 11) is -3.76. The van der Waals surface area contributed by atoms with Crippen LogP contribution in [0, 0.1) is 18.4 Å². The van der Waals surface area contributed by atoms with Crippen LogP contribution in [0.15, 0.2) is 56.3 Å². The number of benzene rings is 2. The minimum Gasteiger partial charge on any atom is -0.309 e. The van der Waals surface area contributed by atoms with Crippen LogP contribution in [0.25, 0.3) is 0 Å². The fraction of sp³-hybridized carbons (Fsp3) is 0.316. The molecule has 1 heterocycles. The first-order valence-corrected chi connectivity index (χ1v) is 11.5. The molecular weight excluding hydrogens is 494 g/mol. The number of hydrogen-bond acceptors (Lipinski definition) is 4. The molecule has 0 spiro atoms. The predicted molar refractivity (Wildman–Crippen MR) is 111 cm³/mol. The van der Waals surface area contributed by atoms with E-state index in [0.29, 0.717) is 28.5 Å². The molecule has 1 unspecified atom stereocenters. The topological polar surface area (TPSA) is 64.4 Å². The highest BCUT2D eigenvalue weighted by Crippen LogP contribution is 2.32. The van der Waals surface area contributed by atoms with Gasteiger partial charge in [0.15, 0.2) is 6.19 Å². The van der Waals surface area contributed by atoms with E-state index >= 15 is 0 Å². The predicted octanol–water partition coefficient (Wildman–Crippen LogP) is 4.27. The Morgan fingerprint density at radius 1 is 1.26 bits per heavy atom. The van der Waals surface area contributed by atoms with Crippen LogP contribution in [0.5, 0.6) is 0 Å². The van der Waals surface area contributed by atoms with Crippen molar-refractivity contribution in [3.63, 3.8) is 0 Å². The third-order valence-electron chi connectivity index (χ3n) is 4.78. The van der Waals surface area contributed by atoms with Crippen molar-refractivity contribution in [2.24, 2.45) is 0 Å². The lowest BCUT2D eigenvalue weighted by Gasteiger charge is -2.29. The highest BCUT2D eigenvalue weighted by molar-refractivity contribution is 9.11. The Morgan fingerprint density at radius 2 is 2.00 bits per heavy atom. The molecule has 0 radical (unpaired) electrons. The molecule has 0 aromatic heterocycles. The first-order chi connectivity index (χ1) is 12.8. The molecule has 3 rings (SSSR count). The molecule has 142 valence electrons. The van der Waals surface area contributed by atoms with E-state index in [1.165, 1.54) is 0 Å². The average Bonchev–Trinajstić information content (AvgIpc) is 3.11. The highest BCUT2D eigenvalue weighted by atomic mass is 79.9. The first kappa shape index (κ1) is 20.3. The zero-order valence-corrected chi connectivity index (χ0v) is 18.8. The highest BCUT2D eigenvalue weighted by Gasteiger charge is 2.37. The number of likely N-dealkylation sites (tertiary alicyclic amines) is 1. The summed E-state index contributed by atoms with van der Waals surface area (Å²) in [6.45, 7) is 3.23. The summed E-state index contributed by atoms with van der Waals surface area (Å²) >= 11 is 6.74. The third kappa shape index (κ3) is 4.37. The van der Waals surface area contributed by atoms with Crippen LogP contribution in [-0.2, 0) is 16.6 Å². The van der Waals surface area contributed by atoms with Crippen molar-refractivity contribution in [2.75, 3.05) is 13.1 Å². The van der Waals surface area contributed by atoms with Crippen LogP contribution in [-0.4, -0.2) is 36.8 Å². The molecule has 0 aliphatic carbocycles. The van der Waals surface area contributed by atoms with Crippen LogP contribution in [0.2, 0.25) is 0 Å². The van der Waals surface area contributed by atoms with E-state index in [-0.39, 0.29) is 17.5 Å². The molecule has 1 saturated heterocycles. The summed E-state index contributed by atoms with van der Waals surface area (Å²) in [5, 5.41) is 9.19. The summed E-state index contributed by atoms with van der Waals surface area (Å²) in [6.07, 6.45) is 2.76. The van der Waals surface area contributed by atoms with Gasteiger partial charge in [-0.2, -0.15) is 9.57 Å². The molecule has 1 atom stereocenters. The van der Waals surface area contributed by atoms with Crippen LogP contribution < -0.4 is 0 Å². The van der Waals surface area contributed by atoms with Crippen LogP contribution in [0.1, 0.15) is 17.5 Å². The number of nitrogens with zero attached hydrogens (tertiary/aromatic N) is 3. The second-order valence-electron chi connectivity index (χ2n) is 6.54. The largest absolute Gasteiger partial charge is 0.309 e. The molecule has 0 bridgehead atoms. The zero-order chi connectivity index (χ0) is 19.6. The molecule has 0 amide bonds. The van der Waals surface area contributed by atoms with Crippen molar-refractivity contribution in [1.29, 1.82) is 5.26 Å². The number of hydrogen-bond donors (Lipinski definition) is 0. The minimum atomic E-state index is -3.76. The van der Waals surface area contributed by atoms with Gasteiger partial charge in [-0.1, -0.05) is 40.2 Å². The van der Waals surface area contributed by atoms with E-state index in [0.717, 1.165) is 11.1 Å². The summed E-state index contributed by atoms with van der Waals surface area (Å²) in [6, 6.07) is 12.7. The number of nitriles is 1. The first-order valence-electron chi connectivity index (χ1n) is 8.49. The number of rotatable bonds is 5. The second-order valence-corrected chi connectivity index (χ2v) is 10.2. The Morgan fingerprint density at radius 3 is 2.67 bits per heavy atom. The standard InChI is InChI=1S/C19H19Br2N3O2S/c1-14-4-2-3-5-15(14)11-24(17-8-9-23(12-17)13-22)27(25,26)19-10-16(20)6-7-18(19)21/h2-7,10,17H,8-9,11-12H2,1H3. The number of aryl methyl sites for hydroxylation is 1. The van der Waals surface area contributed by atoms with E-state index in [4.69, 9.17) is 0 Å². The van der Waals surface area contributed by atoms with E-state index < -0.39 is 10.0 Å². The Hall–Kier alpha value is -1.40. The van der Waals surface area contributed by atoms with E-state index in [1.807, 2.05) is 31.2 Å². The summed E-state index contributed by atoms with van der Waals surface area (Å²) in [4.78, 5) is 1.84. The Bertz CT molecular complexity index is 989. The van der Waals surface area contributed by atoms with E-state index in [2.05, 4.69) is 38.1 Å². The normalized spacial score (nSPS) is 17.3.